The number of nitrogens with zero attached hydrogens (tertiary/aromatic N) is 1. The van der Waals surface area contributed by atoms with Crippen LogP contribution in [-0.4, -0.2) is 47.4 Å². The Labute approximate surface area is 183 Å². The van der Waals surface area contributed by atoms with Gasteiger partial charge in [0.15, 0.2) is 0 Å². The highest BCUT2D eigenvalue weighted by atomic mass is 32.2. The summed E-state index contributed by atoms with van der Waals surface area (Å²) in [6.45, 7) is 2.57. The average Bonchev–Trinajstić information content (AvgIpc) is 3.29. The number of thiophene rings is 1. The molecule has 2 heterocycles. The van der Waals surface area contributed by atoms with Crippen LogP contribution in [0, 0.1) is 0 Å². The van der Waals surface area contributed by atoms with E-state index in [2.05, 4.69) is 4.72 Å². The molecule has 166 valence electrons. The number of methoxy groups -OCH3 is 1. The molecule has 0 spiro atoms. The summed E-state index contributed by atoms with van der Waals surface area (Å²) in [6, 6.07) is 8.23. The first-order valence-corrected chi connectivity index (χ1v) is 13.8. The molecule has 3 rings (SSSR count). The van der Waals surface area contributed by atoms with E-state index in [1.165, 1.54) is 22.8 Å². The molecule has 0 bridgehead atoms. The summed E-state index contributed by atoms with van der Waals surface area (Å²) >= 11 is 1.20. The summed E-state index contributed by atoms with van der Waals surface area (Å²) < 4.78 is 61.4. The SMILES string of the molecule is CCc1ccc(OC)c(S(=O)(=O)NCCC2CCCCN2S(=O)(=O)c2cccs2)c1. The van der Waals surface area contributed by atoms with Crippen LogP contribution < -0.4 is 9.46 Å². The Bertz CT molecular complexity index is 1050. The van der Waals surface area contributed by atoms with Crippen LogP contribution in [-0.2, 0) is 26.5 Å². The lowest BCUT2D eigenvalue weighted by molar-refractivity contribution is 0.242. The molecule has 7 nitrogen and oxygen atoms in total. The fourth-order valence-electron chi connectivity index (χ4n) is 3.69. The van der Waals surface area contributed by atoms with Gasteiger partial charge in [-0.3, -0.25) is 0 Å². The van der Waals surface area contributed by atoms with Gasteiger partial charge in [-0.05, 0) is 54.8 Å². The van der Waals surface area contributed by atoms with E-state index in [4.69, 9.17) is 4.74 Å². The smallest absolute Gasteiger partial charge is 0.252 e. The van der Waals surface area contributed by atoms with Crippen molar-refractivity contribution in [2.24, 2.45) is 0 Å². The van der Waals surface area contributed by atoms with Crippen molar-refractivity contribution in [2.75, 3.05) is 20.2 Å². The average molecular weight is 473 g/mol. The second kappa shape index (κ2) is 9.78. The number of hydrogen-bond donors (Lipinski definition) is 1. The normalized spacial score (nSPS) is 18.4. The highest BCUT2D eigenvalue weighted by Gasteiger charge is 2.34. The lowest BCUT2D eigenvalue weighted by Gasteiger charge is -2.34. The zero-order chi connectivity index (χ0) is 21.8. The number of aryl methyl sites for hydroxylation is 1. The van der Waals surface area contributed by atoms with Gasteiger partial charge in [0.25, 0.3) is 10.0 Å². The molecule has 1 aliphatic rings. The third-order valence-corrected chi connectivity index (χ3v) is 10.1. The summed E-state index contributed by atoms with van der Waals surface area (Å²) in [4.78, 5) is 0.107. The maximum Gasteiger partial charge on any atom is 0.252 e. The molecule has 1 aromatic carbocycles. The highest BCUT2D eigenvalue weighted by Crippen LogP contribution is 2.29. The molecule has 1 atom stereocenters. The van der Waals surface area contributed by atoms with Crippen LogP contribution in [0.3, 0.4) is 0 Å². The molecule has 1 saturated heterocycles. The first-order valence-electron chi connectivity index (χ1n) is 10.0. The minimum atomic E-state index is -3.77. The van der Waals surface area contributed by atoms with Crippen LogP contribution in [0.25, 0.3) is 0 Å². The van der Waals surface area contributed by atoms with Crippen LogP contribution in [0.4, 0.5) is 0 Å². The van der Waals surface area contributed by atoms with Crippen LogP contribution in [0.1, 0.15) is 38.2 Å². The molecule has 0 aliphatic carbocycles. The Balaban J connectivity index is 1.71. The zero-order valence-corrected chi connectivity index (χ0v) is 19.7. The number of sulfonamides is 2. The van der Waals surface area contributed by atoms with E-state index in [0.29, 0.717) is 29.3 Å². The first-order chi connectivity index (χ1) is 14.3. The van der Waals surface area contributed by atoms with Crippen molar-refractivity contribution in [3.63, 3.8) is 0 Å². The highest BCUT2D eigenvalue weighted by molar-refractivity contribution is 7.91. The molecule has 2 aromatic rings. The lowest BCUT2D eigenvalue weighted by Crippen LogP contribution is -2.44. The van der Waals surface area contributed by atoms with Crippen molar-refractivity contribution in [2.45, 2.75) is 54.2 Å². The Morgan fingerprint density at radius 2 is 2.00 bits per heavy atom. The number of rotatable bonds is 9. The monoisotopic (exact) mass is 472 g/mol. The second-order valence-electron chi connectivity index (χ2n) is 7.22. The number of nitrogens with one attached hydrogen (secondary N) is 1. The van der Waals surface area contributed by atoms with E-state index in [1.54, 1.807) is 29.6 Å². The molecular weight excluding hydrogens is 444 g/mol. The molecule has 30 heavy (non-hydrogen) atoms. The van der Waals surface area contributed by atoms with Crippen molar-refractivity contribution < 1.29 is 21.6 Å². The van der Waals surface area contributed by atoms with Gasteiger partial charge in [-0.2, -0.15) is 4.31 Å². The number of ether oxygens (including phenoxy) is 1. The summed E-state index contributed by atoms with van der Waals surface area (Å²) in [6.07, 6.45) is 3.60. The lowest BCUT2D eigenvalue weighted by atomic mass is 10.0. The van der Waals surface area contributed by atoms with Gasteiger partial charge in [-0.25, -0.2) is 21.6 Å². The van der Waals surface area contributed by atoms with Crippen LogP contribution in [0.15, 0.2) is 44.8 Å². The van der Waals surface area contributed by atoms with Crippen LogP contribution >= 0.6 is 11.3 Å². The molecule has 10 heteroatoms. The summed E-state index contributed by atoms with van der Waals surface area (Å²) in [7, 11) is -5.88. The molecule has 1 fully saturated rings. The molecule has 0 radical (unpaired) electrons. The fraction of sp³-hybridized carbons (Fsp3) is 0.500. The number of benzene rings is 1. The van der Waals surface area contributed by atoms with Crippen molar-refractivity contribution in [3.8, 4) is 5.75 Å². The topological polar surface area (TPSA) is 92.8 Å². The van der Waals surface area contributed by atoms with Crippen molar-refractivity contribution in [1.82, 2.24) is 9.03 Å². The van der Waals surface area contributed by atoms with E-state index in [-0.39, 0.29) is 17.5 Å². The summed E-state index contributed by atoms with van der Waals surface area (Å²) in [5.74, 6) is 0.291. The molecule has 1 aromatic heterocycles. The maximum atomic E-state index is 13.0. The van der Waals surface area contributed by atoms with Gasteiger partial charge in [0.05, 0.1) is 7.11 Å². The predicted molar refractivity (Wildman–Crippen MR) is 118 cm³/mol. The second-order valence-corrected chi connectivity index (χ2v) is 12.0. The van der Waals surface area contributed by atoms with Crippen molar-refractivity contribution in [3.05, 3.63) is 41.3 Å². The standard InChI is InChI=1S/C20H28N2O5S3/c1-3-16-9-10-18(27-2)19(15-16)29(23,24)21-12-11-17-7-4-5-13-22(17)30(25,26)20-8-6-14-28-20/h6,8-10,14-15,17,21H,3-5,7,11-13H2,1-2H3. The minimum Gasteiger partial charge on any atom is -0.495 e. The Kier molecular flexibility index (Phi) is 7.56. The van der Waals surface area contributed by atoms with Gasteiger partial charge in [0.2, 0.25) is 10.0 Å². The molecule has 1 unspecified atom stereocenters. The van der Waals surface area contributed by atoms with Crippen molar-refractivity contribution >= 4 is 31.4 Å². The van der Waals surface area contributed by atoms with E-state index in [0.717, 1.165) is 24.8 Å². The van der Waals surface area contributed by atoms with E-state index < -0.39 is 20.0 Å². The Morgan fingerprint density at radius 1 is 1.20 bits per heavy atom. The zero-order valence-electron chi connectivity index (χ0n) is 17.2. The summed E-state index contributed by atoms with van der Waals surface area (Å²) in [5, 5.41) is 1.75. The van der Waals surface area contributed by atoms with Gasteiger partial charge in [0.1, 0.15) is 14.9 Å². The minimum absolute atomic E-state index is 0.107. The van der Waals surface area contributed by atoms with Crippen molar-refractivity contribution in [1.29, 1.82) is 0 Å². The first kappa shape index (κ1) is 23.2. The molecular formula is C20H28N2O5S3. The van der Waals surface area contributed by atoms with Gasteiger partial charge < -0.3 is 4.74 Å². The number of piperidine rings is 1. The molecule has 1 aliphatic heterocycles. The van der Waals surface area contributed by atoms with E-state index in [9.17, 15) is 16.8 Å². The fourth-order valence-corrected chi connectivity index (χ4v) is 7.80. The number of hydrogen-bond acceptors (Lipinski definition) is 6. The van der Waals surface area contributed by atoms with Crippen LogP contribution in [0.2, 0.25) is 0 Å². The van der Waals surface area contributed by atoms with Gasteiger partial charge in [0, 0.05) is 19.1 Å². The van der Waals surface area contributed by atoms with Gasteiger partial charge in [-0.15, -0.1) is 11.3 Å². The molecule has 0 saturated carbocycles. The Hall–Kier alpha value is -1.46. The third kappa shape index (κ3) is 5.05. The predicted octanol–water partition coefficient (Wildman–Crippen LogP) is 3.23. The largest absolute Gasteiger partial charge is 0.495 e. The third-order valence-electron chi connectivity index (χ3n) is 5.33. The van der Waals surface area contributed by atoms with Crippen LogP contribution in [0.5, 0.6) is 5.75 Å². The maximum absolute atomic E-state index is 13.0. The molecule has 1 N–H and O–H groups in total. The summed E-state index contributed by atoms with van der Waals surface area (Å²) in [5.41, 5.74) is 0.900. The van der Waals surface area contributed by atoms with E-state index in [1.807, 2.05) is 13.0 Å². The molecule has 0 amide bonds. The van der Waals surface area contributed by atoms with E-state index >= 15 is 0 Å². The Morgan fingerprint density at radius 3 is 2.67 bits per heavy atom. The van der Waals surface area contributed by atoms with Gasteiger partial charge >= 0.3 is 0 Å². The quantitative estimate of drug-likeness (QED) is 0.605. The van der Waals surface area contributed by atoms with Gasteiger partial charge in [-0.1, -0.05) is 25.5 Å².